The van der Waals surface area contributed by atoms with Crippen molar-refractivity contribution in [3.05, 3.63) is 59.7 Å². The van der Waals surface area contributed by atoms with Crippen LogP contribution < -0.4 is 4.74 Å². The lowest BCUT2D eigenvalue weighted by Gasteiger charge is -2.35. The Bertz CT molecular complexity index is 940. The molecule has 4 rings (SSSR count). The van der Waals surface area contributed by atoms with Crippen molar-refractivity contribution in [2.45, 2.75) is 32.6 Å². The summed E-state index contributed by atoms with van der Waals surface area (Å²) in [6.07, 6.45) is 4.06. The van der Waals surface area contributed by atoms with Gasteiger partial charge in [0, 0.05) is 32.6 Å². The summed E-state index contributed by atoms with van der Waals surface area (Å²) >= 11 is 0. The van der Waals surface area contributed by atoms with Crippen LogP contribution in [0.15, 0.2) is 53.5 Å². The first-order valence-corrected chi connectivity index (χ1v) is 11.5. The number of rotatable bonds is 8. The Balaban J connectivity index is 1.31. The molecule has 0 aliphatic carbocycles. The SMILES string of the molecule is CCN(CC1CCCN(CCc2cccc(OC)c2)C1)C(=O)C1=Nc2ccccc2C1. The van der Waals surface area contributed by atoms with Gasteiger partial charge >= 0.3 is 0 Å². The second kappa shape index (κ2) is 10.1. The fraction of sp³-hybridized carbons (Fsp3) is 0.462. The van der Waals surface area contributed by atoms with Crippen molar-refractivity contribution >= 4 is 17.3 Å². The maximum atomic E-state index is 13.1. The lowest BCUT2D eigenvalue weighted by atomic mass is 9.96. The fourth-order valence-electron chi connectivity index (χ4n) is 4.73. The van der Waals surface area contributed by atoms with Crippen molar-refractivity contribution in [2.24, 2.45) is 10.9 Å². The van der Waals surface area contributed by atoms with E-state index in [9.17, 15) is 4.79 Å². The van der Waals surface area contributed by atoms with Gasteiger partial charge in [0.25, 0.3) is 5.91 Å². The minimum Gasteiger partial charge on any atom is -0.497 e. The third-order valence-electron chi connectivity index (χ3n) is 6.45. The molecule has 2 aliphatic heterocycles. The van der Waals surface area contributed by atoms with E-state index in [0.29, 0.717) is 18.1 Å². The Labute approximate surface area is 185 Å². The maximum Gasteiger partial charge on any atom is 0.268 e. The molecule has 2 heterocycles. The minimum atomic E-state index is 0.104. The molecule has 0 aromatic heterocycles. The molecule has 1 unspecified atom stereocenters. The van der Waals surface area contributed by atoms with Gasteiger partial charge in [-0.15, -0.1) is 0 Å². The number of nitrogens with zero attached hydrogens (tertiary/aromatic N) is 3. The number of piperidine rings is 1. The zero-order valence-electron chi connectivity index (χ0n) is 18.7. The fourth-order valence-corrected chi connectivity index (χ4v) is 4.73. The van der Waals surface area contributed by atoms with Crippen LogP contribution in [0.4, 0.5) is 5.69 Å². The molecule has 31 heavy (non-hydrogen) atoms. The summed E-state index contributed by atoms with van der Waals surface area (Å²) in [6, 6.07) is 16.4. The Morgan fingerprint density at radius 3 is 2.90 bits per heavy atom. The lowest BCUT2D eigenvalue weighted by molar-refractivity contribution is -0.124. The van der Waals surface area contributed by atoms with Gasteiger partial charge in [-0.2, -0.15) is 0 Å². The van der Waals surface area contributed by atoms with Crippen molar-refractivity contribution in [1.29, 1.82) is 0 Å². The zero-order valence-corrected chi connectivity index (χ0v) is 18.7. The van der Waals surface area contributed by atoms with E-state index in [4.69, 9.17) is 4.74 Å². The molecule has 0 bridgehead atoms. The molecular weight excluding hydrogens is 386 g/mol. The van der Waals surface area contributed by atoms with Gasteiger partial charge in [-0.25, -0.2) is 4.99 Å². The van der Waals surface area contributed by atoms with Crippen molar-refractivity contribution in [3.63, 3.8) is 0 Å². The molecule has 1 saturated heterocycles. The van der Waals surface area contributed by atoms with Gasteiger partial charge in [0.1, 0.15) is 11.5 Å². The molecule has 2 aromatic rings. The first-order valence-electron chi connectivity index (χ1n) is 11.5. The van der Waals surface area contributed by atoms with E-state index >= 15 is 0 Å². The van der Waals surface area contributed by atoms with E-state index in [0.717, 1.165) is 56.1 Å². The summed E-state index contributed by atoms with van der Waals surface area (Å²) in [5.41, 5.74) is 4.10. The Morgan fingerprint density at radius 1 is 1.23 bits per heavy atom. The van der Waals surface area contributed by atoms with E-state index in [2.05, 4.69) is 41.1 Å². The molecule has 0 N–H and O–H groups in total. The van der Waals surface area contributed by atoms with Crippen molar-refractivity contribution in [2.75, 3.05) is 39.8 Å². The van der Waals surface area contributed by atoms with E-state index in [1.54, 1.807) is 7.11 Å². The first kappa shape index (κ1) is 21.6. The topological polar surface area (TPSA) is 45.1 Å². The van der Waals surface area contributed by atoms with Gasteiger partial charge in [0.05, 0.1) is 12.8 Å². The van der Waals surface area contributed by atoms with Crippen LogP contribution in [0.3, 0.4) is 0 Å². The molecule has 2 aromatic carbocycles. The number of benzene rings is 2. The minimum absolute atomic E-state index is 0.104. The van der Waals surface area contributed by atoms with Crippen LogP contribution in [-0.4, -0.2) is 61.3 Å². The van der Waals surface area contributed by atoms with Crippen LogP contribution in [0.25, 0.3) is 0 Å². The number of methoxy groups -OCH3 is 1. The van der Waals surface area contributed by atoms with Crippen LogP contribution >= 0.6 is 0 Å². The number of hydrogen-bond donors (Lipinski definition) is 0. The Kier molecular flexibility index (Phi) is 7.03. The summed E-state index contributed by atoms with van der Waals surface area (Å²) in [5.74, 6) is 1.54. The molecule has 0 saturated carbocycles. The van der Waals surface area contributed by atoms with Crippen LogP contribution in [-0.2, 0) is 17.6 Å². The number of hydrogen-bond acceptors (Lipinski definition) is 4. The van der Waals surface area contributed by atoms with Gasteiger partial charge in [0.2, 0.25) is 0 Å². The smallest absolute Gasteiger partial charge is 0.268 e. The van der Waals surface area contributed by atoms with Gasteiger partial charge in [-0.1, -0.05) is 30.3 Å². The number of carbonyl (C=O) groups is 1. The van der Waals surface area contributed by atoms with Crippen molar-refractivity contribution < 1.29 is 9.53 Å². The molecule has 1 fully saturated rings. The standard InChI is InChI=1S/C26H33N3O2/c1-3-29(26(30)25-17-22-10-4-5-12-24(22)27-25)19-21-9-7-14-28(18-21)15-13-20-8-6-11-23(16-20)31-2/h4-6,8,10-12,16,21H,3,7,9,13-15,17-19H2,1-2H3. The molecule has 2 aliphatic rings. The molecular formula is C26H33N3O2. The predicted octanol–water partition coefficient (Wildman–Crippen LogP) is 4.13. The van der Waals surface area contributed by atoms with Crippen molar-refractivity contribution in [3.8, 4) is 5.75 Å². The van der Waals surface area contributed by atoms with Crippen LogP contribution in [0.1, 0.15) is 30.9 Å². The third-order valence-corrected chi connectivity index (χ3v) is 6.45. The molecule has 5 heteroatoms. The van der Waals surface area contributed by atoms with Crippen molar-refractivity contribution in [1.82, 2.24) is 9.80 Å². The van der Waals surface area contributed by atoms with E-state index in [1.807, 2.05) is 29.2 Å². The van der Waals surface area contributed by atoms with Gasteiger partial charge in [-0.3, -0.25) is 4.79 Å². The number of likely N-dealkylation sites (tertiary alicyclic amines) is 1. The van der Waals surface area contributed by atoms with Crippen LogP contribution in [0, 0.1) is 5.92 Å². The molecule has 0 radical (unpaired) electrons. The first-order chi connectivity index (χ1) is 15.2. The van der Waals surface area contributed by atoms with Crippen LogP contribution in [0.2, 0.25) is 0 Å². The summed E-state index contributed by atoms with van der Waals surface area (Å²) in [7, 11) is 1.71. The monoisotopic (exact) mass is 419 g/mol. The number of para-hydroxylation sites is 1. The predicted molar refractivity (Wildman–Crippen MR) is 125 cm³/mol. The zero-order chi connectivity index (χ0) is 21.6. The Hall–Kier alpha value is -2.66. The molecule has 0 spiro atoms. The maximum absolute atomic E-state index is 13.1. The normalized spacial score (nSPS) is 18.4. The highest BCUT2D eigenvalue weighted by Crippen LogP contribution is 2.27. The number of amides is 1. The highest BCUT2D eigenvalue weighted by Gasteiger charge is 2.28. The average molecular weight is 420 g/mol. The summed E-state index contributed by atoms with van der Waals surface area (Å²) in [5, 5.41) is 0. The molecule has 1 atom stereocenters. The van der Waals surface area contributed by atoms with E-state index in [-0.39, 0.29) is 5.91 Å². The number of carbonyl (C=O) groups excluding carboxylic acids is 1. The number of aliphatic imine (C=N–C) groups is 1. The summed E-state index contributed by atoms with van der Waals surface area (Å²) < 4.78 is 5.34. The lowest BCUT2D eigenvalue weighted by Crippen LogP contribution is -2.45. The number of ether oxygens (including phenoxy) is 1. The molecule has 164 valence electrons. The average Bonchev–Trinajstić information content (AvgIpc) is 3.25. The second-order valence-corrected chi connectivity index (χ2v) is 8.62. The van der Waals surface area contributed by atoms with E-state index < -0.39 is 0 Å². The Morgan fingerprint density at radius 2 is 2.10 bits per heavy atom. The molecule has 5 nitrogen and oxygen atoms in total. The van der Waals surface area contributed by atoms with Gasteiger partial charge in [0.15, 0.2) is 0 Å². The van der Waals surface area contributed by atoms with Gasteiger partial charge < -0.3 is 14.5 Å². The molecule has 1 amide bonds. The van der Waals surface area contributed by atoms with Gasteiger partial charge in [-0.05, 0) is 68.0 Å². The summed E-state index contributed by atoms with van der Waals surface area (Å²) in [6.45, 7) is 6.87. The second-order valence-electron chi connectivity index (χ2n) is 8.62. The quantitative estimate of drug-likeness (QED) is 0.646. The number of fused-ring (bicyclic) bond motifs is 1. The third kappa shape index (κ3) is 5.34. The van der Waals surface area contributed by atoms with E-state index in [1.165, 1.54) is 18.4 Å². The highest BCUT2D eigenvalue weighted by molar-refractivity contribution is 6.40. The van der Waals surface area contributed by atoms with Crippen LogP contribution in [0.5, 0.6) is 5.75 Å². The summed E-state index contributed by atoms with van der Waals surface area (Å²) in [4.78, 5) is 22.3. The largest absolute Gasteiger partial charge is 0.497 e. The highest BCUT2D eigenvalue weighted by atomic mass is 16.5.